The number of nitrogens with one attached hydrogen (secondary N) is 1. The van der Waals surface area contributed by atoms with Gasteiger partial charge >= 0.3 is 0 Å². The molecule has 2 heterocycles. The van der Waals surface area contributed by atoms with Crippen molar-refractivity contribution in [3.05, 3.63) is 77.3 Å². The minimum absolute atomic E-state index is 0.138. The summed E-state index contributed by atoms with van der Waals surface area (Å²) in [6.45, 7) is 4.11. The Morgan fingerprint density at radius 1 is 1.03 bits per heavy atom. The second kappa shape index (κ2) is 9.89. The summed E-state index contributed by atoms with van der Waals surface area (Å²) in [5.74, 6) is 1.92. The fourth-order valence-electron chi connectivity index (χ4n) is 2.83. The number of carbonyl (C=O) groups excluding carboxylic acids is 1. The second-order valence-corrected chi connectivity index (χ2v) is 9.38. The summed E-state index contributed by atoms with van der Waals surface area (Å²) in [6.07, 6.45) is 2.38. The highest BCUT2D eigenvalue weighted by Crippen LogP contribution is 2.28. The van der Waals surface area contributed by atoms with Crippen molar-refractivity contribution in [2.24, 2.45) is 0 Å². The minimum atomic E-state index is -0.138. The highest BCUT2D eigenvalue weighted by molar-refractivity contribution is 8.00. The molecule has 1 amide bonds. The summed E-state index contributed by atoms with van der Waals surface area (Å²) < 4.78 is 6.60. The summed E-state index contributed by atoms with van der Waals surface area (Å²) in [7, 11) is 0. The maximum Gasteiger partial charge on any atom is 0.226 e. The van der Waals surface area contributed by atoms with Gasteiger partial charge in [-0.05, 0) is 19.4 Å². The van der Waals surface area contributed by atoms with E-state index in [1.54, 1.807) is 18.0 Å². The molecule has 4 rings (SSSR count). The lowest BCUT2D eigenvalue weighted by Gasteiger charge is -2.00. The van der Waals surface area contributed by atoms with E-state index in [1.807, 2.05) is 31.2 Å². The third-order valence-corrected chi connectivity index (χ3v) is 6.63. The number of oxazole rings is 1. The number of nitrogens with zero attached hydrogens (tertiary/aromatic N) is 3. The molecule has 31 heavy (non-hydrogen) atoms. The largest absolute Gasteiger partial charge is 0.441 e. The summed E-state index contributed by atoms with van der Waals surface area (Å²) in [4.78, 5) is 16.6. The molecule has 4 aromatic rings. The van der Waals surface area contributed by atoms with E-state index in [0.29, 0.717) is 23.2 Å². The Bertz CT molecular complexity index is 1150. The van der Waals surface area contributed by atoms with Crippen LogP contribution in [0.1, 0.15) is 29.0 Å². The van der Waals surface area contributed by atoms with Crippen LogP contribution >= 0.6 is 23.1 Å². The first-order valence-corrected chi connectivity index (χ1v) is 11.7. The lowest BCUT2D eigenvalue weighted by atomic mass is 10.1. The summed E-state index contributed by atoms with van der Waals surface area (Å²) in [5, 5.41) is 11.5. The average molecular weight is 451 g/mol. The standard InChI is InChI=1S/C23H22N4O2S2/c1-15-3-7-17(8-4-15)14-30-23-27-26-22(31-23)25-20(28)11-12-21-24-13-19(29-21)18-9-5-16(2)6-10-18/h3-10,13H,11-12,14H2,1-2H3,(H,25,26,28). The summed E-state index contributed by atoms with van der Waals surface area (Å²) in [6, 6.07) is 16.5. The molecule has 0 spiro atoms. The quantitative estimate of drug-likeness (QED) is 0.275. The van der Waals surface area contributed by atoms with Gasteiger partial charge in [0.1, 0.15) is 0 Å². The van der Waals surface area contributed by atoms with Crippen molar-refractivity contribution in [3.63, 3.8) is 0 Å². The Labute approximate surface area is 189 Å². The third kappa shape index (κ3) is 6.02. The summed E-state index contributed by atoms with van der Waals surface area (Å²) >= 11 is 2.99. The molecule has 0 aliphatic heterocycles. The fourth-order valence-corrected chi connectivity index (χ4v) is 4.55. The van der Waals surface area contributed by atoms with Crippen molar-refractivity contribution in [1.29, 1.82) is 0 Å². The van der Waals surface area contributed by atoms with Crippen LogP contribution in [0.4, 0.5) is 5.13 Å². The van der Waals surface area contributed by atoms with Gasteiger partial charge in [-0.15, -0.1) is 10.2 Å². The second-order valence-electron chi connectivity index (χ2n) is 7.18. The Morgan fingerprint density at radius 3 is 2.48 bits per heavy atom. The first-order chi connectivity index (χ1) is 15.0. The molecule has 0 atom stereocenters. The molecular formula is C23H22N4O2S2. The topological polar surface area (TPSA) is 80.9 Å². The molecule has 2 aromatic carbocycles. The van der Waals surface area contributed by atoms with Crippen LogP contribution in [0.15, 0.2) is 63.5 Å². The molecule has 0 fully saturated rings. The van der Waals surface area contributed by atoms with Crippen LogP contribution in [0, 0.1) is 13.8 Å². The van der Waals surface area contributed by atoms with Crippen LogP contribution in [0.2, 0.25) is 0 Å². The zero-order chi connectivity index (χ0) is 21.6. The van der Waals surface area contributed by atoms with Crippen molar-refractivity contribution in [2.75, 3.05) is 5.32 Å². The third-order valence-electron chi connectivity index (χ3n) is 4.59. The van der Waals surface area contributed by atoms with E-state index < -0.39 is 0 Å². The number of amides is 1. The molecule has 6 nitrogen and oxygen atoms in total. The van der Waals surface area contributed by atoms with E-state index in [2.05, 4.69) is 51.7 Å². The fraction of sp³-hybridized carbons (Fsp3) is 0.217. The van der Waals surface area contributed by atoms with Crippen LogP contribution in [-0.2, 0) is 17.0 Å². The van der Waals surface area contributed by atoms with Crippen molar-refractivity contribution in [2.45, 2.75) is 36.8 Å². The monoisotopic (exact) mass is 450 g/mol. The molecule has 0 bridgehead atoms. The van der Waals surface area contributed by atoms with E-state index in [4.69, 9.17) is 4.42 Å². The van der Waals surface area contributed by atoms with Gasteiger partial charge in [0, 0.05) is 24.2 Å². The number of hydrogen-bond donors (Lipinski definition) is 1. The number of rotatable bonds is 8. The first-order valence-electron chi connectivity index (χ1n) is 9.88. The van der Waals surface area contributed by atoms with Crippen molar-refractivity contribution >= 4 is 34.1 Å². The van der Waals surface area contributed by atoms with E-state index in [1.165, 1.54) is 28.0 Å². The maximum absolute atomic E-state index is 12.3. The normalized spacial score (nSPS) is 10.9. The molecular weight excluding hydrogens is 428 g/mol. The van der Waals surface area contributed by atoms with Crippen LogP contribution in [-0.4, -0.2) is 21.1 Å². The molecule has 0 saturated heterocycles. The number of hydrogen-bond acceptors (Lipinski definition) is 7. The number of thioether (sulfide) groups is 1. The number of carbonyl (C=O) groups is 1. The molecule has 0 aliphatic rings. The van der Waals surface area contributed by atoms with E-state index in [0.717, 1.165) is 15.7 Å². The minimum Gasteiger partial charge on any atom is -0.441 e. The molecule has 8 heteroatoms. The predicted octanol–water partition coefficient (Wildman–Crippen LogP) is 5.67. The zero-order valence-electron chi connectivity index (χ0n) is 17.3. The van der Waals surface area contributed by atoms with Crippen LogP contribution < -0.4 is 5.32 Å². The van der Waals surface area contributed by atoms with E-state index in [-0.39, 0.29) is 12.3 Å². The summed E-state index contributed by atoms with van der Waals surface area (Å²) in [5.41, 5.74) is 4.63. The SMILES string of the molecule is Cc1ccc(CSc2nnc(NC(=O)CCc3ncc(-c4ccc(C)cc4)o3)s2)cc1. The smallest absolute Gasteiger partial charge is 0.226 e. The van der Waals surface area contributed by atoms with Gasteiger partial charge in [-0.2, -0.15) is 0 Å². The number of benzene rings is 2. The molecule has 0 saturated carbocycles. The van der Waals surface area contributed by atoms with E-state index >= 15 is 0 Å². The number of aromatic nitrogens is 3. The molecule has 0 unspecified atom stereocenters. The van der Waals surface area contributed by atoms with Gasteiger partial charge in [0.05, 0.1) is 6.20 Å². The highest BCUT2D eigenvalue weighted by atomic mass is 32.2. The Kier molecular flexibility index (Phi) is 6.79. The number of aryl methyl sites for hydroxylation is 3. The molecule has 0 aliphatic carbocycles. The number of anilines is 1. The van der Waals surface area contributed by atoms with Gasteiger partial charge in [0.2, 0.25) is 11.0 Å². The molecule has 0 radical (unpaired) electrons. The maximum atomic E-state index is 12.3. The Balaban J connectivity index is 1.25. The predicted molar refractivity (Wildman–Crippen MR) is 124 cm³/mol. The molecule has 2 aromatic heterocycles. The zero-order valence-corrected chi connectivity index (χ0v) is 18.9. The highest BCUT2D eigenvalue weighted by Gasteiger charge is 2.12. The van der Waals surface area contributed by atoms with Crippen LogP contribution in [0.25, 0.3) is 11.3 Å². The van der Waals surface area contributed by atoms with Crippen molar-refractivity contribution < 1.29 is 9.21 Å². The Morgan fingerprint density at radius 2 is 1.74 bits per heavy atom. The van der Waals surface area contributed by atoms with Gasteiger partial charge in [-0.1, -0.05) is 82.8 Å². The van der Waals surface area contributed by atoms with Crippen molar-refractivity contribution in [3.8, 4) is 11.3 Å². The van der Waals surface area contributed by atoms with Crippen molar-refractivity contribution in [1.82, 2.24) is 15.2 Å². The molecule has 158 valence electrons. The first kappa shape index (κ1) is 21.3. The average Bonchev–Trinajstić information content (AvgIpc) is 3.42. The van der Waals surface area contributed by atoms with Crippen LogP contribution in [0.5, 0.6) is 0 Å². The van der Waals surface area contributed by atoms with Crippen LogP contribution in [0.3, 0.4) is 0 Å². The van der Waals surface area contributed by atoms with E-state index in [9.17, 15) is 4.79 Å². The van der Waals surface area contributed by atoms with Gasteiger partial charge in [-0.25, -0.2) is 4.98 Å². The Hall–Kier alpha value is -2.97. The van der Waals surface area contributed by atoms with Gasteiger partial charge < -0.3 is 9.73 Å². The lowest BCUT2D eigenvalue weighted by Crippen LogP contribution is -2.12. The van der Waals surface area contributed by atoms with Gasteiger partial charge in [0.15, 0.2) is 16.0 Å². The molecule has 1 N–H and O–H groups in total. The lowest BCUT2D eigenvalue weighted by molar-refractivity contribution is -0.116. The van der Waals surface area contributed by atoms with Gasteiger partial charge in [0.25, 0.3) is 0 Å². The van der Waals surface area contributed by atoms with Gasteiger partial charge in [-0.3, -0.25) is 4.79 Å².